The van der Waals surface area contributed by atoms with Crippen LogP contribution in [-0.4, -0.2) is 47.7 Å². The van der Waals surface area contributed by atoms with E-state index in [-0.39, 0.29) is 24.3 Å². The number of amides is 1. The summed E-state index contributed by atoms with van der Waals surface area (Å²) in [5, 5.41) is 8.80. The van der Waals surface area contributed by atoms with E-state index in [1.807, 2.05) is 0 Å². The van der Waals surface area contributed by atoms with Crippen LogP contribution in [0.2, 0.25) is 0 Å². The molecule has 3 rings (SSSR count). The summed E-state index contributed by atoms with van der Waals surface area (Å²) >= 11 is 0. The van der Waals surface area contributed by atoms with Gasteiger partial charge in [-0.3, -0.25) is 9.59 Å². The molecular formula is C14H19NO4. The predicted octanol–water partition coefficient (Wildman–Crippen LogP) is 0.901. The third-order valence-corrected chi connectivity index (χ3v) is 4.45. The van der Waals surface area contributed by atoms with Crippen molar-refractivity contribution in [1.82, 2.24) is 4.90 Å². The van der Waals surface area contributed by atoms with Gasteiger partial charge in [0.25, 0.3) is 0 Å². The van der Waals surface area contributed by atoms with Crippen LogP contribution in [0.25, 0.3) is 0 Å². The van der Waals surface area contributed by atoms with Crippen molar-refractivity contribution in [2.75, 3.05) is 19.7 Å². The van der Waals surface area contributed by atoms with E-state index < -0.39 is 5.97 Å². The summed E-state index contributed by atoms with van der Waals surface area (Å²) < 4.78 is 5.41. The van der Waals surface area contributed by atoms with Crippen molar-refractivity contribution in [3.05, 3.63) is 12.2 Å². The second-order valence-corrected chi connectivity index (χ2v) is 5.76. The second kappa shape index (κ2) is 4.96. The Morgan fingerprint density at radius 2 is 2.16 bits per heavy atom. The molecule has 0 radical (unpaired) electrons. The van der Waals surface area contributed by atoms with Gasteiger partial charge in [-0.25, -0.2) is 0 Å². The summed E-state index contributed by atoms with van der Waals surface area (Å²) in [6.45, 7) is 1.45. The quantitative estimate of drug-likeness (QED) is 0.770. The SMILES string of the molecule is O=C(O)CC1CN(C(=O)C2CC3C=CC2C3)CCO1. The molecule has 1 heterocycles. The first-order chi connectivity index (χ1) is 9.13. The van der Waals surface area contributed by atoms with Gasteiger partial charge >= 0.3 is 5.97 Å². The maximum Gasteiger partial charge on any atom is 0.306 e. The molecule has 2 bridgehead atoms. The Morgan fingerprint density at radius 3 is 2.79 bits per heavy atom. The van der Waals surface area contributed by atoms with Crippen LogP contribution < -0.4 is 0 Å². The lowest BCUT2D eigenvalue weighted by Crippen LogP contribution is -2.48. The summed E-state index contributed by atoms with van der Waals surface area (Å²) in [6, 6.07) is 0. The molecule has 0 aromatic heterocycles. The number of allylic oxidation sites excluding steroid dienone is 2. The molecule has 5 nitrogen and oxygen atoms in total. The highest BCUT2D eigenvalue weighted by atomic mass is 16.5. The van der Waals surface area contributed by atoms with Crippen LogP contribution in [0.3, 0.4) is 0 Å². The number of hydrogen-bond acceptors (Lipinski definition) is 3. The Morgan fingerprint density at radius 1 is 1.32 bits per heavy atom. The van der Waals surface area contributed by atoms with Crippen LogP contribution in [0.15, 0.2) is 12.2 Å². The minimum atomic E-state index is -0.873. The topological polar surface area (TPSA) is 66.8 Å². The van der Waals surface area contributed by atoms with E-state index in [9.17, 15) is 9.59 Å². The number of carbonyl (C=O) groups is 2. The number of carboxylic acids is 1. The van der Waals surface area contributed by atoms with E-state index in [0.29, 0.717) is 31.5 Å². The maximum absolute atomic E-state index is 12.5. The molecule has 1 saturated carbocycles. The minimum Gasteiger partial charge on any atom is -0.481 e. The third-order valence-electron chi connectivity index (χ3n) is 4.45. The van der Waals surface area contributed by atoms with Crippen molar-refractivity contribution in [2.45, 2.75) is 25.4 Å². The molecule has 104 valence electrons. The Labute approximate surface area is 112 Å². The van der Waals surface area contributed by atoms with E-state index in [0.717, 1.165) is 12.8 Å². The molecule has 1 amide bonds. The van der Waals surface area contributed by atoms with E-state index in [4.69, 9.17) is 9.84 Å². The molecule has 1 aliphatic heterocycles. The predicted molar refractivity (Wildman–Crippen MR) is 67.4 cm³/mol. The fraction of sp³-hybridized carbons (Fsp3) is 0.714. The van der Waals surface area contributed by atoms with Gasteiger partial charge in [0.15, 0.2) is 0 Å². The Balaban J connectivity index is 1.60. The average molecular weight is 265 g/mol. The molecule has 2 fully saturated rings. The fourth-order valence-electron chi connectivity index (χ4n) is 3.54. The lowest BCUT2D eigenvalue weighted by Gasteiger charge is -2.35. The van der Waals surface area contributed by atoms with Crippen LogP contribution in [0.5, 0.6) is 0 Å². The highest BCUT2D eigenvalue weighted by molar-refractivity contribution is 5.80. The molecule has 2 aliphatic carbocycles. The first kappa shape index (κ1) is 12.7. The van der Waals surface area contributed by atoms with Gasteiger partial charge in [-0.15, -0.1) is 0 Å². The number of fused-ring (bicyclic) bond motifs is 2. The largest absolute Gasteiger partial charge is 0.481 e. The normalized spacial score (nSPS) is 36.7. The number of morpholine rings is 1. The van der Waals surface area contributed by atoms with Crippen molar-refractivity contribution in [2.24, 2.45) is 17.8 Å². The number of ether oxygens (including phenoxy) is 1. The highest BCUT2D eigenvalue weighted by Crippen LogP contribution is 2.44. The molecule has 19 heavy (non-hydrogen) atoms. The third kappa shape index (κ3) is 2.52. The Kier molecular flexibility index (Phi) is 3.31. The van der Waals surface area contributed by atoms with Crippen LogP contribution in [0.4, 0.5) is 0 Å². The number of hydrogen-bond donors (Lipinski definition) is 1. The number of carbonyl (C=O) groups excluding carboxylic acids is 1. The van der Waals surface area contributed by atoms with Crippen LogP contribution in [-0.2, 0) is 14.3 Å². The monoisotopic (exact) mass is 265 g/mol. The summed E-state index contributed by atoms with van der Waals surface area (Å²) in [5.41, 5.74) is 0. The first-order valence-corrected chi connectivity index (χ1v) is 6.94. The standard InChI is InChI=1S/C14H19NO4/c16-13(17)7-11-8-15(3-4-19-11)14(18)12-6-9-1-2-10(12)5-9/h1-2,9-12H,3-8H2,(H,16,17). The van der Waals surface area contributed by atoms with Gasteiger partial charge in [-0.05, 0) is 24.7 Å². The van der Waals surface area contributed by atoms with Crippen molar-refractivity contribution in [1.29, 1.82) is 0 Å². The van der Waals surface area contributed by atoms with Gasteiger partial charge in [0.2, 0.25) is 5.91 Å². The van der Waals surface area contributed by atoms with Crippen molar-refractivity contribution in [3.8, 4) is 0 Å². The molecule has 0 aromatic carbocycles. The Bertz CT molecular complexity index is 420. The van der Waals surface area contributed by atoms with E-state index >= 15 is 0 Å². The first-order valence-electron chi connectivity index (χ1n) is 6.94. The van der Waals surface area contributed by atoms with Crippen LogP contribution in [0.1, 0.15) is 19.3 Å². The summed E-state index contributed by atoms with van der Waals surface area (Å²) in [4.78, 5) is 25.0. The smallest absolute Gasteiger partial charge is 0.306 e. The lowest BCUT2D eigenvalue weighted by molar-refractivity contribution is -0.150. The van der Waals surface area contributed by atoms with E-state index in [1.54, 1.807) is 4.90 Å². The fourth-order valence-corrected chi connectivity index (χ4v) is 3.54. The number of carboxylic acid groups (broad SMARTS) is 1. The molecule has 1 saturated heterocycles. The summed E-state index contributed by atoms with van der Waals surface area (Å²) in [7, 11) is 0. The van der Waals surface area contributed by atoms with Gasteiger partial charge in [0.05, 0.1) is 19.1 Å². The van der Waals surface area contributed by atoms with Crippen molar-refractivity contribution >= 4 is 11.9 Å². The zero-order valence-corrected chi connectivity index (χ0v) is 10.8. The number of aliphatic carboxylic acids is 1. The minimum absolute atomic E-state index is 0.0274. The Hall–Kier alpha value is -1.36. The molecule has 5 heteroatoms. The molecule has 0 aromatic rings. The van der Waals surface area contributed by atoms with Gasteiger partial charge < -0.3 is 14.7 Å². The van der Waals surface area contributed by atoms with Crippen LogP contribution in [0, 0.1) is 17.8 Å². The summed E-state index contributed by atoms with van der Waals surface area (Å²) in [6.07, 6.45) is 6.08. The zero-order valence-electron chi connectivity index (χ0n) is 10.8. The number of rotatable bonds is 3. The maximum atomic E-state index is 12.5. The van der Waals surface area contributed by atoms with Gasteiger partial charge in [-0.2, -0.15) is 0 Å². The van der Waals surface area contributed by atoms with E-state index in [1.165, 1.54) is 0 Å². The average Bonchev–Trinajstić information content (AvgIpc) is 2.99. The molecule has 0 spiro atoms. The van der Waals surface area contributed by atoms with E-state index in [2.05, 4.69) is 12.2 Å². The highest BCUT2D eigenvalue weighted by Gasteiger charge is 2.42. The molecular weight excluding hydrogens is 246 g/mol. The van der Waals surface area contributed by atoms with Gasteiger partial charge in [-0.1, -0.05) is 12.2 Å². The number of nitrogens with zero attached hydrogens (tertiary/aromatic N) is 1. The van der Waals surface area contributed by atoms with Crippen LogP contribution >= 0.6 is 0 Å². The van der Waals surface area contributed by atoms with Gasteiger partial charge in [0, 0.05) is 19.0 Å². The van der Waals surface area contributed by atoms with Gasteiger partial charge in [0.1, 0.15) is 0 Å². The second-order valence-electron chi connectivity index (χ2n) is 5.76. The molecule has 4 unspecified atom stereocenters. The summed E-state index contributed by atoms with van der Waals surface area (Å²) in [5.74, 6) is 0.407. The van der Waals surface area contributed by atoms with Crippen molar-refractivity contribution in [3.63, 3.8) is 0 Å². The molecule has 1 N–H and O–H groups in total. The zero-order chi connectivity index (χ0) is 13.4. The lowest BCUT2D eigenvalue weighted by atomic mass is 9.92. The molecule has 4 atom stereocenters. The molecule has 3 aliphatic rings. The van der Waals surface area contributed by atoms with Crippen molar-refractivity contribution < 1.29 is 19.4 Å².